The van der Waals surface area contributed by atoms with Crippen LogP contribution in [0.15, 0.2) is 35.5 Å². The summed E-state index contributed by atoms with van der Waals surface area (Å²) in [6.45, 7) is 7.66. The highest BCUT2D eigenvalue weighted by Crippen LogP contribution is 2.33. The van der Waals surface area contributed by atoms with E-state index in [4.69, 9.17) is 4.74 Å². The van der Waals surface area contributed by atoms with Gasteiger partial charge in [0.15, 0.2) is 0 Å². The number of amides is 3. The molecule has 3 rings (SSSR count). The van der Waals surface area contributed by atoms with E-state index < -0.39 is 12.0 Å². The van der Waals surface area contributed by atoms with Crippen LogP contribution in [-0.2, 0) is 14.3 Å². The first-order chi connectivity index (χ1) is 15.3. The van der Waals surface area contributed by atoms with Crippen LogP contribution in [0.3, 0.4) is 0 Å². The smallest absolute Gasteiger partial charge is 0.338 e. The van der Waals surface area contributed by atoms with Gasteiger partial charge >= 0.3 is 12.0 Å². The van der Waals surface area contributed by atoms with Crippen molar-refractivity contribution >= 4 is 23.6 Å². The van der Waals surface area contributed by atoms with Gasteiger partial charge in [-0.2, -0.15) is 0 Å². The third kappa shape index (κ3) is 5.69. The largest absolute Gasteiger partial charge is 0.459 e. The zero-order valence-corrected chi connectivity index (χ0v) is 19.6. The lowest BCUT2D eigenvalue weighted by Gasteiger charge is -2.35. The minimum Gasteiger partial charge on any atom is -0.459 e. The number of rotatable bonds is 8. The van der Waals surface area contributed by atoms with Crippen molar-refractivity contribution in [3.63, 3.8) is 0 Å². The Hall–Kier alpha value is -2.83. The number of hydrogen-bond donors (Lipinski definition) is 2. The molecule has 0 bridgehead atoms. The van der Waals surface area contributed by atoms with Gasteiger partial charge in [-0.15, -0.1) is 0 Å². The Labute approximate surface area is 190 Å². The number of ether oxygens (including phenoxy) is 1. The number of urea groups is 1. The van der Waals surface area contributed by atoms with Crippen molar-refractivity contribution in [2.24, 2.45) is 5.92 Å². The number of allylic oxidation sites excluding steroid dienone is 1. The molecule has 1 aliphatic heterocycles. The Morgan fingerprint density at radius 3 is 2.62 bits per heavy atom. The second-order valence-electron chi connectivity index (χ2n) is 8.94. The molecular formula is C25H35N3O4. The first-order valence-electron chi connectivity index (χ1n) is 11.7. The molecule has 3 amide bonds. The molecule has 1 heterocycles. The summed E-state index contributed by atoms with van der Waals surface area (Å²) in [5.74, 6) is 0.200. The summed E-state index contributed by atoms with van der Waals surface area (Å²) in [5.41, 5.74) is 2.36. The summed E-state index contributed by atoms with van der Waals surface area (Å²) < 4.78 is 5.47. The molecule has 174 valence electrons. The lowest BCUT2D eigenvalue weighted by atomic mass is 9.94. The van der Waals surface area contributed by atoms with Crippen molar-refractivity contribution in [3.8, 4) is 0 Å². The second kappa shape index (κ2) is 10.7. The van der Waals surface area contributed by atoms with Crippen molar-refractivity contribution in [3.05, 3.63) is 41.1 Å². The van der Waals surface area contributed by atoms with E-state index in [0.717, 1.165) is 12.0 Å². The number of benzene rings is 1. The molecule has 1 fully saturated rings. The molecule has 7 nitrogen and oxygen atoms in total. The maximum Gasteiger partial charge on any atom is 0.338 e. The summed E-state index contributed by atoms with van der Waals surface area (Å²) in [6, 6.07) is 6.39. The minimum atomic E-state index is -0.646. The van der Waals surface area contributed by atoms with Crippen LogP contribution in [0.25, 0.3) is 0 Å². The van der Waals surface area contributed by atoms with Gasteiger partial charge in [0.2, 0.25) is 5.91 Å². The Bertz CT molecular complexity index is 887. The molecule has 0 aromatic heterocycles. The fraction of sp³-hybridized carbons (Fsp3) is 0.560. The lowest BCUT2D eigenvalue weighted by Crippen LogP contribution is -2.48. The second-order valence-corrected chi connectivity index (χ2v) is 8.94. The van der Waals surface area contributed by atoms with Gasteiger partial charge in [-0.3, -0.25) is 9.69 Å². The van der Waals surface area contributed by atoms with E-state index in [9.17, 15) is 14.4 Å². The fourth-order valence-corrected chi connectivity index (χ4v) is 4.61. The molecule has 1 unspecified atom stereocenters. The molecule has 0 radical (unpaired) electrons. The molecule has 32 heavy (non-hydrogen) atoms. The van der Waals surface area contributed by atoms with Gasteiger partial charge in [0.05, 0.1) is 17.7 Å². The van der Waals surface area contributed by atoms with Gasteiger partial charge < -0.3 is 15.4 Å². The van der Waals surface area contributed by atoms with E-state index in [1.807, 2.05) is 31.2 Å². The number of nitrogens with zero attached hydrogens (tertiary/aromatic N) is 1. The summed E-state index contributed by atoms with van der Waals surface area (Å²) in [7, 11) is 0. The SMILES string of the molecule is CCN1C(=O)NC(c2cccc(NC(=O)CCC3CCCC3)c2)C(C(=O)OC(C)C)=C1C. The molecule has 1 aromatic carbocycles. The number of esters is 1. The highest BCUT2D eigenvalue weighted by Gasteiger charge is 2.36. The Balaban J connectivity index is 1.80. The average molecular weight is 442 g/mol. The number of carbonyl (C=O) groups excluding carboxylic acids is 3. The summed E-state index contributed by atoms with van der Waals surface area (Å²) in [4.78, 5) is 39.6. The van der Waals surface area contributed by atoms with E-state index >= 15 is 0 Å². The van der Waals surface area contributed by atoms with Crippen molar-refractivity contribution in [1.29, 1.82) is 0 Å². The highest BCUT2D eigenvalue weighted by atomic mass is 16.5. The van der Waals surface area contributed by atoms with Crippen LogP contribution in [0.1, 0.15) is 77.8 Å². The molecule has 1 saturated carbocycles. The van der Waals surface area contributed by atoms with E-state index in [1.54, 1.807) is 20.8 Å². The third-order valence-electron chi connectivity index (χ3n) is 6.23. The molecule has 1 aromatic rings. The predicted octanol–water partition coefficient (Wildman–Crippen LogP) is 4.91. The number of nitrogens with one attached hydrogen (secondary N) is 2. The maximum atomic E-state index is 12.9. The highest BCUT2D eigenvalue weighted by molar-refractivity contribution is 5.95. The van der Waals surface area contributed by atoms with Crippen LogP contribution in [0.5, 0.6) is 0 Å². The number of hydrogen-bond acceptors (Lipinski definition) is 4. The standard InChI is InChI=1S/C25H35N3O4/c1-5-28-17(4)22(24(30)32-16(2)3)23(27-25(28)31)19-11-8-12-20(15-19)26-21(29)14-13-18-9-6-7-10-18/h8,11-12,15-16,18,23H,5-7,9-10,13-14H2,1-4H3,(H,26,29)(H,27,31). The molecular weight excluding hydrogens is 406 g/mol. The normalized spacial score (nSPS) is 19.3. The molecule has 7 heteroatoms. The maximum absolute atomic E-state index is 12.9. The van der Waals surface area contributed by atoms with Crippen molar-refractivity contribution in [2.75, 3.05) is 11.9 Å². The number of anilines is 1. The van der Waals surface area contributed by atoms with E-state index in [2.05, 4.69) is 10.6 Å². The zero-order valence-electron chi connectivity index (χ0n) is 19.6. The van der Waals surface area contributed by atoms with Crippen LogP contribution >= 0.6 is 0 Å². The molecule has 0 spiro atoms. The van der Waals surface area contributed by atoms with Crippen LogP contribution in [0, 0.1) is 5.92 Å². The molecule has 1 aliphatic carbocycles. The van der Waals surface area contributed by atoms with Crippen LogP contribution in [-0.4, -0.2) is 35.5 Å². The summed E-state index contributed by atoms with van der Waals surface area (Å²) >= 11 is 0. The fourth-order valence-electron chi connectivity index (χ4n) is 4.61. The summed E-state index contributed by atoms with van der Waals surface area (Å²) in [6.07, 6.45) is 6.13. The Kier molecular flexibility index (Phi) is 7.94. The topological polar surface area (TPSA) is 87.7 Å². The lowest BCUT2D eigenvalue weighted by molar-refractivity contribution is -0.143. The van der Waals surface area contributed by atoms with Gasteiger partial charge in [-0.25, -0.2) is 9.59 Å². The van der Waals surface area contributed by atoms with Crippen molar-refractivity contribution in [2.45, 2.75) is 78.4 Å². The molecule has 0 saturated heterocycles. The van der Waals surface area contributed by atoms with Crippen LogP contribution < -0.4 is 10.6 Å². The van der Waals surface area contributed by atoms with Gasteiger partial charge in [-0.1, -0.05) is 37.8 Å². The van der Waals surface area contributed by atoms with Gasteiger partial charge in [0.1, 0.15) is 0 Å². The van der Waals surface area contributed by atoms with Crippen molar-refractivity contribution < 1.29 is 19.1 Å². The van der Waals surface area contributed by atoms with Crippen molar-refractivity contribution in [1.82, 2.24) is 10.2 Å². The Morgan fingerprint density at radius 1 is 1.25 bits per heavy atom. The summed E-state index contributed by atoms with van der Waals surface area (Å²) in [5, 5.41) is 5.90. The van der Waals surface area contributed by atoms with Gasteiger partial charge in [0.25, 0.3) is 0 Å². The monoisotopic (exact) mass is 441 g/mol. The Morgan fingerprint density at radius 2 is 1.97 bits per heavy atom. The minimum absolute atomic E-state index is 0.00921. The first-order valence-corrected chi connectivity index (χ1v) is 11.7. The van der Waals surface area contributed by atoms with E-state index in [0.29, 0.717) is 35.8 Å². The molecule has 1 atom stereocenters. The zero-order chi connectivity index (χ0) is 23.3. The third-order valence-corrected chi connectivity index (χ3v) is 6.23. The first kappa shape index (κ1) is 23.8. The predicted molar refractivity (Wildman–Crippen MR) is 124 cm³/mol. The van der Waals surface area contributed by atoms with Crippen LogP contribution in [0.4, 0.5) is 10.5 Å². The molecule has 2 N–H and O–H groups in total. The quantitative estimate of drug-likeness (QED) is 0.561. The number of carbonyl (C=O) groups is 3. The van der Waals surface area contributed by atoms with Gasteiger partial charge in [0, 0.05) is 24.4 Å². The van der Waals surface area contributed by atoms with Gasteiger partial charge in [-0.05, 0) is 57.7 Å². The van der Waals surface area contributed by atoms with Crippen LogP contribution in [0.2, 0.25) is 0 Å². The van der Waals surface area contributed by atoms with E-state index in [-0.39, 0.29) is 18.0 Å². The van der Waals surface area contributed by atoms with E-state index in [1.165, 1.54) is 30.6 Å². The molecule has 2 aliphatic rings. The average Bonchev–Trinajstić information content (AvgIpc) is 3.25.